The lowest BCUT2D eigenvalue weighted by Crippen LogP contribution is -2.21. The molecule has 20 heavy (non-hydrogen) atoms. The molecule has 0 bridgehead atoms. The smallest absolute Gasteiger partial charge is 0.134 e. The second kappa shape index (κ2) is 5.60. The first kappa shape index (κ1) is 13.7. The molecule has 0 radical (unpaired) electrons. The summed E-state index contributed by atoms with van der Waals surface area (Å²) in [6.45, 7) is 4.25. The number of halogens is 1. The highest BCUT2D eigenvalue weighted by Gasteiger charge is 2.15. The third-order valence-electron chi connectivity index (χ3n) is 3.46. The van der Waals surface area contributed by atoms with E-state index in [-0.39, 0.29) is 12.1 Å². The van der Waals surface area contributed by atoms with Gasteiger partial charge in [-0.1, -0.05) is 29.8 Å². The van der Waals surface area contributed by atoms with Crippen molar-refractivity contribution in [1.29, 1.82) is 0 Å². The Hall–Kier alpha value is -1.29. The Morgan fingerprint density at radius 1 is 1.15 bits per heavy atom. The Bertz CT molecular complexity index is 685. The van der Waals surface area contributed by atoms with Crippen molar-refractivity contribution < 1.29 is 4.42 Å². The van der Waals surface area contributed by atoms with E-state index in [1.807, 2.05) is 24.3 Å². The molecule has 2 aromatic heterocycles. The molecule has 1 aromatic carbocycles. The monoisotopic (exact) mass is 305 g/mol. The SMILES string of the molecule is CC(NC(C)c1cc2ccccc2o1)c1csc(Cl)c1. The zero-order valence-electron chi connectivity index (χ0n) is 11.4. The van der Waals surface area contributed by atoms with Crippen molar-refractivity contribution >= 4 is 33.9 Å². The van der Waals surface area contributed by atoms with Crippen molar-refractivity contribution in [2.24, 2.45) is 0 Å². The maximum absolute atomic E-state index is 5.98. The molecule has 1 N–H and O–H groups in total. The molecule has 104 valence electrons. The van der Waals surface area contributed by atoms with Crippen LogP contribution in [0.3, 0.4) is 0 Å². The minimum absolute atomic E-state index is 0.149. The number of rotatable bonds is 4. The van der Waals surface area contributed by atoms with E-state index in [9.17, 15) is 0 Å². The van der Waals surface area contributed by atoms with Gasteiger partial charge in [-0.3, -0.25) is 0 Å². The second-order valence-electron chi connectivity index (χ2n) is 4.98. The van der Waals surface area contributed by atoms with E-state index in [1.165, 1.54) is 5.56 Å². The maximum atomic E-state index is 5.98. The Balaban J connectivity index is 1.76. The van der Waals surface area contributed by atoms with Crippen molar-refractivity contribution in [3.8, 4) is 0 Å². The van der Waals surface area contributed by atoms with Crippen LogP contribution in [-0.2, 0) is 0 Å². The molecule has 2 nitrogen and oxygen atoms in total. The van der Waals surface area contributed by atoms with Gasteiger partial charge in [0.1, 0.15) is 11.3 Å². The maximum Gasteiger partial charge on any atom is 0.134 e. The lowest BCUT2D eigenvalue weighted by Gasteiger charge is -2.17. The van der Waals surface area contributed by atoms with E-state index in [4.69, 9.17) is 16.0 Å². The number of nitrogens with one attached hydrogen (secondary N) is 1. The number of thiophene rings is 1. The van der Waals surface area contributed by atoms with E-state index >= 15 is 0 Å². The predicted molar refractivity (Wildman–Crippen MR) is 85.5 cm³/mol. The number of hydrogen-bond acceptors (Lipinski definition) is 3. The highest BCUT2D eigenvalue weighted by molar-refractivity contribution is 7.14. The van der Waals surface area contributed by atoms with Crippen LogP contribution in [0.1, 0.15) is 37.3 Å². The normalized spacial score (nSPS) is 14.6. The molecule has 0 aliphatic carbocycles. The van der Waals surface area contributed by atoms with E-state index in [1.54, 1.807) is 11.3 Å². The van der Waals surface area contributed by atoms with Crippen molar-refractivity contribution in [2.75, 3.05) is 0 Å². The fourth-order valence-corrected chi connectivity index (χ4v) is 3.30. The zero-order chi connectivity index (χ0) is 14.1. The topological polar surface area (TPSA) is 25.2 Å². The number of hydrogen-bond donors (Lipinski definition) is 1. The van der Waals surface area contributed by atoms with E-state index in [2.05, 4.69) is 36.7 Å². The van der Waals surface area contributed by atoms with Crippen LogP contribution in [0, 0.1) is 0 Å². The largest absolute Gasteiger partial charge is 0.459 e. The molecule has 0 saturated heterocycles. The van der Waals surface area contributed by atoms with Gasteiger partial charge in [0.15, 0.2) is 0 Å². The number of fused-ring (bicyclic) bond motifs is 1. The molecule has 0 amide bonds. The summed E-state index contributed by atoms with van der Waals surface area (Å²) in [4.78, 5) is 0. The first-order chi connectivity index (χ1) is 9.63. The van der Waals surface area contributed by atoms with Crippen LogP contribution in [0.2, 0.25) is 4.34 Å². The van der Waals surface area contributed by atoms with Gasteiger partial charge < -0.3 is 9.73 Å². The Morgan fingerprint density at radius 2 is 1.95 bits per heavy atom. The Morgan fingerprint density at radius 3 is 2.65 bits per heavy atom. The van der Waals surface area contributed by atoms with Gasteiger partial charge in [-0.15, -0.1) is 11.3 Å². The summed E-state index contributed by atoms with van der Waals surface area (Å²) in [5, 5.41) is 6.77. The van der Waals surface area contributed by atoms with Crippen molar-refractivity contribution in [1.82, 2.24) is 5.32 Å². The van der Waals surface area contributed by atoms with Crippen LogP contribution in [0.25, 0.3) is 11.0 Å². The Labute approximate surface area is 127 Å². The second-order valence-corrected chi connectivity index (χ2v) is 6.52. The number of furan rings is 1. The van der Waals surface area contributed by atoms with Crippen LogP contribution in [-0.4, -0.2) is 0 Å². The first-order valence-electron chi connectivity index (χ1n) is 6.62. The minimum atomic E-state index is 0.149. The van der Waals surface area contributed by atoms with Gasteiger partial charge in [-0.05, 0) is 43.0 Å². The van der Waals surface area contributed by atoms with Gasteiger partial charge in [-0.2, -0.15) is 0 Å². The molecular formula is C16H16ClNOS. The van der Waals surface area contributed by atoms with E-state index in [0.717, 1.165) is 21.1 Å². The Kier molecular flexibility index (Phi) is 3.83. The summed E-state index contributed by atoms with van der Waals surface area (Å²) < 4.78 is 6.71. The summed E-state index contributed by atoms with van der Waals surface area (Å²) >= 11 is 7.55. The molecule has 2 unspecified atom stereocenters. The molecule has 0 spiro atoms. The predicted octanol–water partition coefficient (Wildman–Crippen LogP) is 5.56. The van der Waals surface area contributed by atoms with Gasteiger partial charge in [0.05, 0.1) is 10.4 Å². The fourth-order valence-electron chi connectivity index (χ4n) is 2.32. The van der Waals surface area contributed by atoms with Gasteiger partial charge >= 0.3 is 0 Å². The molecule has 4 heteroatoms. The van der Waals surface area contributed by atoms with Gasteiger partial charge in [-0.25, -0.2) is 0 Å². The average Bonchev–Trinajstić information content (AvgIpc) is 3.04. The summed E-state index contributed by atoms with van der Waals surface area (Å²) in [5.74, 6) is 0.958. The molecule has 2 atom stereocenters. The molecule has 3 rings (SSSR count). The average molecular weight is 306 g/mol. The van der Waals surface area contributed by atoms with Crippen LogP contribution in [0.15, 0.2) is 46.2 Å². The van der Waals surface area contributed by atoms with Gasteiger partial charge in [0.2, 0.25) is 0 Å². The van der Waals surface area contributed by atoms with Crippen molar-refractivity contribution in [3.63, 3.8) is 0 Å². The van der Waals surface area contributed by atoms with Gasteiger partial charge in [0, 0.05) is 11.4 Å². The van der Waals surface area contributed by atoms with Crippen LogP contribution in [0.5, 0.6) is 0 Å². The minimum Gasteiger partial charge on any atom is -0.459 e. The lowest BCUT2D eigenvalue weighted by atomic mass is 10.1. The van der Waals surface area contributed by atoms with Crippen molar-refractivity contribution in [3.05, 3.63) is 57.4 Å². The quantitative estimate of drug-likeness (QED) is 0.682. The molecule has 3 aromatic rings. The van der Waals surface area contributed by atoms with Crippen LogP contribution in [0.4, 0.5) is 0 Å². The van der Waals surface area contributed by atoms with E-state index in [0.29, 0.717) is 0 Å². The molecule has 2 heterocycles. The van der Waals surface area contributed by atoms with Crippen LogP contribution >= 0.6 is 22.9 Å². The summed E-state index contributed by atoms with van der Waals surface area (Å²) in [6, 6.07) is 12.6. The van der Waals surface area contributed by atoms with Crippen molar-refractivity contribution in [2.45, 2.75) is 25.9 Å². The number of para-hydroxylation sites is 1. The summed E-state index contributed by atoms with van der Waals surface area (Å²) in [5.41, 5.74) is 2.14. The molecule has 0 fully saturated rings. The number of benzene rings is 1. The third-order valence-corrected chi connectivity index (χ3v) is 4.57. The molecule has 0 aliphatic heterocycles. The molecule has 0 saturated carbocycles. The van der Waals surface area contributed by atoms with E-state index < -0.39 is 0 Å². The van der Waals surface area contributed by atoms with Gasteiger partial charge in [0.25, 0.3) is 0 Å². The lowest BCUT2D eigenvalue weighted by molar-refractivity contribution is 0.418. The van der Waals surface area contributed by atoms with Crippen LogP contribution < -0.4 is 5.32 Å². The summed E-state index contributed by atoms with van der Waals surface area (Å²) in [7, 11) is 0. The summed E-state index contributed by atoms with van der Waals surface area (Å²) in [6.07, 6.45) is 0. The standard InChI is InChI=1S/C16H16ClNOS/c1-10(13-8-16(17)20-9-13)18-11(2)15-7-12-5-3-4-6-14(12)19-15/h3-11,18H,1-2H3. The highest BCUT2D eigenvalue weighted by atomic mass is 35.5. The highest BCUT2D eigenvalue weighted by Crippen LogP contribution is 2.28. The zero-order valence-corrected chi connectivity index (χ0v) is 13.0. The third kappa shape index (κ3) is 2.75. The molecular weight excluding hydrogens is 290 g/mol. The molecule has 0 aliphatic rings. The first-order valence-corrected chi connectivity index (χ1v) is 7.87. The fraction of sp³-hybridized carbons (Fsp3) is 0.250.